The molecule has 0 bridgehead atoms. The van der Waals surface area contributed by atoms with E-state index in [4.69, 9.17) is 10.5 Å². The molecule has 2 N–H and O–H groups in total. The van der Waals surface area contributed by atoms with Gasteiger partial charge in [0.15, 0.2) is 0 Å². The Bertz CT molecular complexity index is 79.0. The van der Waals surface area contributed by atoms with Crippen LogP contribution in [0.25, 0.3) is 0 Å². The van der Waals surface area contributed by atoms with Crippen molar-refractivity contribution in [3.05, 3.63) is 0 Å². The lowest BCUT2D eigenvalue weighted by molar-refractivity contribution is -0.0331. The Morgan fingerprint density at radius 2 is 1.80 bits per heavy atom. The minimum absolute atomic E-state index is 0.0972. The lowest BCUT2D eigenvalue weighted by Crippen LogP contribution is -2.46. The molecule has 0 heterocycles. The molecule has 0 aromatic rings. The van der Waals surface area contributed by atoms with E-state index in [0.717, 1.165) is 12.8 Å². The van der Waals surface area contributed by atoms with Gasteiger partial charge in [-0.3, -0.25) is 0 Å². The second-order valence-electron chi connectivity index (χ2n) is 2.76. The molecule has 0 radical (unpaired) electrons. The van der Waals surface area contributed by atoms with E-state index in [1.807, 2.05) is 6.92 Å². The Kier molecular flexibility index (Phi) is 3.91. The van der Waals surface area contributed by atoms with Crippen molar-refractivity contribution in [1.82, 2.24) is 0 Å². The van der Waals surface area contributed by atoms with E-state index in [0.29, 0.717) is 0 Å². The van der Waals surface area contributed by atoms with Crippen LogP contribution in [0.5, 0.6) is 0 Å². The maximum Gasteiger partial charge on any atom is 0.0820 e. The number of ether oxygens (including phenoxy) is 1. The van der Waals surface area contributed by atoms with Gasteiger partial charge in [-0.05, 0) is 19.8 Å². The highest BCUT2D eigenvalue weighted by Crippen LogP contribution is 2.22. The zero-order valence-corrected chi connectivity index (χ0v) is 7.48. The van der Waals surface area contributed by atoms with E-state index in [9.17, 15) is 0 Å². The normalized spacial score (nSPS) is 15.3. The summed E-state index contributed by atoms with van der Waals surface area (Å²) in [4.78, 5) is 0. The van der Waals surface area contributed by atoms with Gasteiger partial charge in [-0.1, -0.05) is 13.8 Å². The van der Waals surface area contributed by atoms with Crippen LogP contribution in [-0.4, -0.2) is 18.8 Å². The van der Waals surface area contributed by atoms with E-state index in [1.54, 1.807) is 7.11 Å². The molecular weight excluding hydrogens is 126 g/mol. The van der Waals surface area contributed by atoms with Crippen LogP contribution in [0.4, 0.5) is 0 Å². The van der Waals surface area contributed by atoms with Gasteiger partial charge in [0.1, 0.15) is 0 Å². The summed E-state index contributed by atoms with van der Waals surface area (Å²) < 4.78 is 5.37. The minimum Gasteiger partial charge on any atom is -0.377 e. The van der Waals surface area contributed by atoms with E-state index >= 15 is 0 Å². The third kappa shape index (κ3) is 1.70. The van der Waals surface area contributed by atoms with E-state index in [2.05, 4.69) is 13.8 Å². The van der Waals surface area contributed by atoms with Crippen molar-refractivity contribution < 1.29 is 4.74 Å². The highest BCUT2D eigenvalue weighted by molar-refractivity contribution is 4.85. The fourth-order valence-corrected chi connectivity index (χ4v) is 1.37. The molecule has 2 heteroatoms. The summed E-state index contributed by atoms with van der Waals surface area (Å²) in [5.74, 6) is 0. The number of nitrogens with two attached hydrogens (primary N) is 1. The molecule has 0 aliphatic carbocycles. The SMILES string of the molecule is CCC(CC)(OC)[C@@H](C)N. The van der Waals surface area contributed by atoms with Crippen molar-refractivity contribution >= 4 is 0 Å². The molecule has 0 spiro atoms. The molecule has 0 aliphatic rings. The highest BCUT2D eigenvalue weighted by atomic mass is 16.5. The molecule has 0 aromatic carbocycles. The summed E-state index contributed by atoms with van der Waals surface area (Å²) >= 11 is 0. The summed E-state index contributed by atoms with van der Waals surface area (Å²) in [5, 5.41) is 0. The molecule has 0 rings (SSSR count). The molecule has 0 amide bonds. The maximum absolute atomic E-state index is 5.78. The molecule has 0 aromatic heterocycles. The van der Waals surface area contributed by atoms with Crippen LogP contribution in [0, 0.1) is 0 Å². The fourth-order valence-electron chi connectivity index (χ4n) is 1.37. The lowest BCUT2D eigenvalue weighted by Gasteiger charge is -2.33. The summed E-state index contributed by atoms with van der Waals surface area (Å²) in [6.45, 7) is 6.21. The average molecular weight is 145 g/mol. The smallest absolute Gasteiger partial charge is 0.0820 e. The predicted octanol–water partition coefficient (Wildman–Crippen LogP) is 1.54. The van der Waals surface area contributed by atoms with Gasteiger partial charge in [-0.2, -0.15) is 0 Å². The third-order valence-electron chi connectivity index (χ3n) is 2.43. The summed E-state index contributed by atoms with van der Waals surface area (Å²) in [6, 6.07) is 0.118. The first-order valence-corrected chi connectivity index (χ1v) is 3.93. The van der Waals surface area contributed by atoms with Gasteiger partial charge < -0.3 is 10.5 Å². The first-order chi connectivity index (χ1) is 4.63. The van der Waals surface area contributed by atoms with E-state index < -0.39 is 0 Å². The van der Waals surface area contributed by atoms with Crippen molar-refractivity contribution in [2.75, 3.05) is 7.11 Å². The Morgan fingerprint density at radius 3 is 1.80 bits per heavy atom. The van der Waals surface area contributed by atoms with Gasteiger partial charge in [-0.25, -0.2) is 0 Å². The van der Waals surface area contributed by atoms with Crippen LogP contribution in [0.2, 0.25) is 0 Å². The molecular formula is C8H19NO. The van der Waals surface area contributed by atoms with Gasteiger partial charge in [-0.15, -0.1) is 0 Å². The number of rotatable bonds is 4. The van der Waals surface area contributed by atoms with Crippen LogP contribution in [0.15, 0.2) is 0 Å². The molecule has 2 nitrogen and oxygen atoms in total. The van der Waals surface area contributed by atoms with Crippen molar-refractivity contribution in [3.8, 4) is 0 Å². The van der Waals surface area contributed by atoms with Crippen LogP contribution in [0.3, 0.4) is 0 Å². The summed E-state index contributed by atoms with van der Waals surface area (Å²) in [5.41, 5.74) is 5.68. The van der Waals surface area contributed by atoms with Crippen molar-refractivity contribution in [2.24, 2.45) is 5.73 Å². The summed E-state index contributed by atoms with van der Waals surface area (Å²) in [7, 11) is 1.73. The largest absolute Gasteiger partial charge is 0.377 e. The zero-order chi connectivity index (χ0) is 8.20. The zero-order valence-electron chi connectivity index (χ0n) is 7.48. The minimum atomic E-state index is -0.0972. The average Bonchev–Trinajstić information content (AvgIpc) is 1.92. The number of hydrogen-bond donors (Lipinski definition) is 1. The molecule has 0 fully saturated rings. The Balaban J connectivity index is 4.15. The number of methoxy groups -OCH3 is 1. The van der Waals surface area contributed by atoms with Crippen LogP contribution < -0.4 is 5.73 Å². The van der Waals surface area contributed by atoms with E-state index in [1.165, 1.54) is 0 Å². The Morgan fingerprint density at radius 1 is 1.40 bits per heavy atom. The second-order valence-corrected chi connectivity index (χ2v) is 2.76. The molecule has 0 saturated heterocycles. The van der Waals surface area contributed by atoms with Gasteiger partial charge >= 0.3 is 0 Å². The van der Waals surface area contributed by atoms with E-state index in [-0.39, 0.29) is 11.6 Å². The monoisotopic (exact) mass is 145 g/mol. The highest BCUT2D eigenvalue weighted by Gasteiger charge is 2.29. The quantitative estimate of drug-likeness (QED) is 0.651. The lowest BCUT2D eigenvalue weighted by atomic mass is 9.90. The predicted molar refractivity (Wildman–Crippen MR) is 44.0 cm³/mol. The molecule has 10 heavy (non-hydrogen) atoms. The van der Waals surface area contributed by atoms with Gasteiger partial charge in [0.2, 0.25) is 0 Å². The first kappa shape index (κ1) is 9.92. The van der Waals surface area contributed by atoms with Gasteiger partial charge in [0.25, 0.3) is 0 Å². The Hall–Kier alpha value is -0.0800. The Labute approximate surface area is 63.7 Å². The molecule has 0 unspecified atom stereocenters. The van der Waals surface area contributed by atoms with Crippen molar-refractivity contribution in [3.63, 3.8) is 0 Å². The standard InChI is InChI=1S/C8H19NO/c1-5-8(6-2,10-4)7(3)9/h7H,5-6,9H2,1-4H3/t7-/m1/s1. The first-order valence-electron chi connectivity index (χ1n) is 3.93. The fraction of sp³-hybridized carbons (Fsp3) is 1.00. The van der Waals surface area contributed by atoms with Gasteiger partial charge in [0, 0.05) is 13.2 Å². The maximum atomic E-state index is 5.78. The molecule has 1 atom stereocenters. The number of hydrogen-bond acceptors (Lipinski definition) is 2. The topological polar surface area (TPSA) is 35.2 Å². The summed E-state index contributed by atoms with van der Waals surface area (Å²) in [6.07, 6.45) is 1.97. The molecule has 0 aliphatic heterocycles. The van der Waals surface area contributed by atoms with Gasteiger partial charge in [0.05, 0.1) is 5.60 Å². The molecule has 0 saturated carbocycles. The van der Waals surface area contributed by atoms with Crippen LogP contribution >= 0.6 is 0 Å². The second kappa shape index (κ2) is 3.94. The van der Waals surface area contributed by atoms with Crippen molar-refractivity contribution in [1.29, 1.82) is 0 Å². The van der Waals surface area contributed by atoms with Crippen molar-refractivity contribution in [2.45, 2.75) is 45.3 Å². The molecule has 62 valence electrons. The van der Waals surface area contributed by atoms with Crippen LogP contribution in [-0.2, 0) is 4.74 Å². The van der Waals surface area contributed by atoms with Crippen LogP contribution in [0.1, 0.15) is 33.6 Å². The third-order valence-corrected chi connectivity index (χ3v) is 2.43.